The van der Waals surface area contributed by atoms with Crippen molar-refractivity contribution >= 4 is 27.5 Å². The summed E-state index contributed by atoms with van der Waals surface area (Å²) in [7, 11) is 0. The Labute approximate surface area is 132 Å². The zero-order valence-corrected chi connectivity index (χ0v) is 13.6. The van der Waals surface area contributed by atoms with Crippen LogP contribution in [0.5, 0.6) is 5.75 Å². The van der Waals surface area contributed by atoms with Crippen LogP contribution in [0.4, 0.5) is 0 Å². The first-order valence-corrected chi connectivity index (χ1v) is 7.67. The zero-order chi connectivity index (χ0) is 14.5. The van der Waals surface area contributed by atoms with Gasteiger partial charge in [0.15, 0.2) is 0 Å². The van der Waals surface area contributed by atoms with Crippen LogP contribution in [0.25, 0.3) is 0 Å². The maximum atomic E-state index is 9.46. The fourth-order valence-corrected chi connectivity index (χ4v) is 2.68. The monoisotopic (exact) mass is 353 g/mol. The SMILES string of the molecule is CC(Cc1cccc(Cl)c1)NCc1ccc(O)c(Br)c1. The van der Waals surface area contributed by atoms with Crippen LogP contribution in [-0.4, -0.2) is 11.1 Å². The van der Waals surface area contributed by atoms with Gasteiger partial charge in [0.2, 0.25) is 0 Å². The normalized spacial score (nSPS) is 12.3. The molecule has 0 amide bonds. The number of phenolic OH excluding ortho intramolecular Hbond substituents is 1. The van der Waals surface area contributed by atoms with E-state index in [0.717, 1.165) is 28.0 Å². The molecular formula is C16H17BrClNO. The molecule has 1 atom stereocenters. The molecule has 0 aromatic heterocycles. The Morgan fingerprint density at radius 1 is 1.20 bits per heavy atom. The molecule has 0 aliphatic carbocycles. The second-order valence-corrected chi connectivity index (χ2v) is 6.19. The number of benzene rings is 2. The quantitative estimate of drug-likeness (QED) is 0.827. The Morgan fingerprint density at radius 3 is 2.70 bits per heavy atom. The lowest BCUT2D eigenvalue weighted by Crippen LogP contribution is -2.27. The van der Waals surface area contributed by atoms with Gasteiger partial charge in [-0.15, -0.1) is 0 Å². The summed E-state index contributed by atoms with van der Waals surface area (Å²) in [6.07, 6.45) is 0.930. The van der Waals surface area contributed by atoms with Gasteiger partial charge >= 0.3 is 0 Å². The molecule has 2 rings (SSSR count). The molecule has 0 aliphatic heterocycles. The van der Waals surface area contributed by atoms with Gasteiger partial charge in [-0.2, -0.15) is 0 Å². The number of phenols is 1. The molecule has 0 bridgehead atoms. The molecule has 2 nitrogen and oxygen atoms in total. The first-order valence-electron chi connectivity index (χ1n) is 6.50. The minimum atomic E-state index is 0.265. The third-order valence-electron chi connectivity index (χ3n) is 3.10. The average molecular weight is 355 g/mol. The van der Waals surface area contributed by atoms with Crippen LogP contribution in [0, 0.1) is 0 Å². The molecule has 0 radical (unpaired) electrons. The van der Waals surface area contributed by atoms with Crippen LogP contribution in [0.3, 0.4) is 0 Å². The third kappa shape index (κ3) is 4.51. The molecule has 20 heavy (non-hydrogen) atoms. The van der Waals surface area contributed by atoms with Crippen molar-refractivity contribution in [3.05, 3.63) is 63.1 Å². The van der Waals surface area contributed by atoms with Crippen molar-refractivity contribution in [1.29, 1.82) is 0 Å². The van der Waals surface area contributed by atoms with Crippen LogP contribution in [0.1, 0.15) is 18.1 Å². The Bertz CT molecular complexity index is 588. The molecule has 1 unspecified atom stereocenters. The van der Waals surface area contributed by atoms with E-state index in [1.807, 2.05) is 30.3 Å². The van der Waals surface area contributed by atoms with Gasteiger partial charge in [-0.3, -0.25) is 0 Å². The van der Waals surface area contributed by atoms with Crippen molar-refractivity contribution in [2.75, 3.05) is 0 Å². The second-order valence-electron chi connectivity index (χ2n) is 4.90. The van der Waals surface area contributed by atoms with E-state index in [1.54, 1.807) is 6.07 Å². The van der Waals surface area contributed by atoms with Crippen LogP contribution in [-0.2, 0) is 13.0 Å². The Morgan fingerprint density at radius 2 is 2.00 bits per heavy atom. The summed E-state index contributed by atoms with van der Waals surface area (Å²) < 4.78 is 0.722. The van der Waals surface area contributed by atoms with Crippen molar-refractivity contribution < 1.29 is 5.11 Å². The Balaban J connectivity index is 1.88. The number of aromatic hydroxyl groups is 1. The number of nitrogens with one attached hydrogen (secondary N) is 1. The molecule has 2 aromatic carbocycles. The summed E-state index contributed by atoms with van der Waals surface area (Å²) in [6.45, 7) is 2.91. The highest BCUT2D eigenvalue weighted by atomic mass is 79.9. The highest BCUT2D eigenvalue weighted by Gasteiger charge is 2.05. The lowest BCUT2D eigenvalue weighted by molar-refractivity contribution is 0.471. The van der Waals surface area contributed by atoms with Gasteiger partial charge < -0.3 is 10.4 Å². The average Bonchev–Trinajstić information content (AvgIpc) is 2.40. The fraction of sp³-hybridized carbons (Fsp3) is 0.250. The van der Waals surface area contributed by atoms with E-state index in [1.165, 1.54) is 5.56 Å². The molecule has 2 aromatic rings. The van der Waals surface area contributed by atoms with Crippen molar-refractivity contribution in [3.63, 3.8) is 0 Å². The van der Waals surface area contributed by atoms with Gasteiger partial charge in [0.1, 0.15) is 5.75 Å². The molecule has 0 saturated carbocycles. The van der Waals surface area contributed by atoms with Gasteiger partial charge in [0.05, 0.1) is 4.47 Å². The molecular weight excluding hydrogens is 338 g/mol. The number of halogens is 2. The minimum absolute atomic E-state index is 0.265. The van der Waals surface area contributed by atoms with E-state index >= 15 is 0 Å². The summed E-state index contributed by atoms with van der Waals surface area (Å²) >= 11 is 9.31. The topological polar surface area (TPSA) is 32.3 Å². The molecule has 106 valence electrons. The van der Waals surface area contributed by atoms with Crippen LogP contribution >= 0.6 is 27.5 Å². The second kappa shape index (κ2) is 7.11. The van der Waals surface area contributed by atoms with Gasteiger partial charge in [0.25, 0.3) is 0 Å². The van der Waals surface area contributed by atoms with Crippen molar-refractivity contribution in [2.24, 2.45) is 0 Å². The smallest absolute Gasteiger partial charge is 0.129 e. The first kappa shape index (κ1) is 15.4. The van der Waals surface area contributed by atoms with Gasteiger partial charge in [0, 0.05) is 17.6 Å². The van der Waals surface area contributed by atoms with Gasteiger partial charge in [-0.1, -0.05) is 29.8 Å². The summed E-state index contributed by atoms with van der Waals surface area (Å²) in [5.41, 5.74) is 2.36. The molecule has 0 saturated heterocycles. The predicted molar refractivity (Wildman–Crippen MR) is 87.3 cm³/mol. The molecule has 2 N–H and O–H groups in total. The van der Waals surface area contributed by atoms with Crippen molar-refractivity contribution in [3.8, 4) is 5.75 Å². The minimum Gasteiger partial charge on any atom is -0.507 e. The van der Waals surface area contributed by atoms with E-state index in [9.17, 15) is 5.11 Å². The summed E-state index contributed by atoms with van der Waals surface area (Å²) in [5, 5.41) is 13.7. The summed E-state index contributed by atoms with van der Waals surface area (Å²) in [4.78, 5) is 0. The highest BCUT2D eigenvalue weighted by Crippen LogP contribution is 2.24. The number of rotatable bonds is 5. The van der Waals surface area contributed by atoms with Gasteiger partial charge in [-0.25, -0.2) is 0 Å². The summed E-state index contributed by atoms with van der Waals surface area (Å²) in [5.74, 6) is 0.265. The maximum absolute atomic E-state index is 9.46. The first-order chi connectivity index (χ1) is 9.54. The molecule has 0 spiro atoms. The third-order valence-corrected chi connectivity index (χ3v) is 3.97. The lowest BCUT2D eigenvalue weighted by atomic mass is 10.1. The molecule has 4 heteroatoms. The summed E-state index contributed by atoms with van der Waals surface area (Å²) in [6, 6.07) is 13.8. The zero-order valence-electron chi connectivity index (χ0n) is 11.2. The molecule has 0 heterocycles. The largest absolute Gasteiger partial charge is 0.507 e. The van der Waals surface area contributed by atoms with E-state index in [4.69, 9.17) is 11.6 Å². The molecule has 0 aliphatic rings. The van der Waals surface area contributed by atoms with Crippen LogP contribution in [0.2, 0.25) is 5.02 Å². The van der Waals surface area contributed by atoms with Crippen LogP contribution in [0.15, 0.2) is 46.9 Å². The Kier molecular flexibility index (Phi) is 5.46. The lowest BCUT2D eigenvalue weighted by Gasteiger charge is -2.14. The fourth-order valence-electron chi connectivity index (χ4n) is 2.04. The number of hydrogen-bond acceptors (Lipinski definition) is 2. The standard InChI is InChI=1S/C16H17BrClNO/c1-11(7-12-3-2-4-14(18)8-12)19-10-13-5-6-16(20)15(17)9-13/h2-6,8-9,11,19-20H,7,10H2,1H3. The van der Waals surface area contributed by atoms with Gasteiger partial charge in [-0.05, 0) is 64.7 Å². The van der Waals surface area contributed by atoms with Crippen LogP contribution < -0.4 is 5.32 Å². The van der Waals surface area contributed by atoms with E-state index in [-0.39, 0.29) is 5.75 Å². The number of hydrogen-bond donors (Lipinski definition) is 2. The molecule has 0 fully saturated rings. The maximum Gasteiger partial charge on any atom is 0.129 e. The van der Waals surface area contributed by atoms with E-state index in [2.05, 4.69) is 34.2 Å². The Hall–Kier alpha value is -1.03. The van der Waals surface area contributed by atoms with Crippen molar-refractivity contribution in [2.45, 2.75) is 25.9 Å². The van der Waals surface area contributed by atoms with E-state index in [0.29, 0.717) is 6.04 Å². The predicted octanol–water partition coefficient (Wildman–Crippen LogP) is 4.53. The van der Waals surface area contributed by atoms with E-state index < -0.39 is 0 Å². The van der Waals surface area contributed by atoms with Crippen molar-refractivity contribution in [1.82, 2.24) is 5.32 Å². The highest BCUT2D eigenvalue weighted by molar-refractivity contribution is 9.10.